The number of benzene rings is 2. The van der Waals surface area contributed by atoms with E-state index in [-0.39, 0.29) is 6.54 Å². The van der Waals surface area contributed by atoms with Gasteiger partial charge in [-0.25, -0.2) is 0 Å². The van der Waals surface area contributed by atoms with Crippen LogP contribution in [0.3, 0.4) is 0 Å². The molecule has 0 spiro atoms. The van der Waals surface area contributed by atoms with Gasteiger partial charge >= 0.3 is 0 Å². The summed E-state index contributed by atoms with van der Waals surface area (Å²) < 4.78 is 16.0. The quantitative estimate of drug-likeness (QED) is 0.484. The number of hydrogen-bond acceptors (Lipinski definition) is 5. The Bertz CT molecular complexity index is 854. The van der Waals surface area contributed by atoms with Crippen LogP contribution in [0, 0.1) is 6.92 Å². The summed E-state index contributed by atoms with van der Waals surface area (Å²) in [7, 11) is 6.84. The number of aliphatic imine (C=N–C) groups is 1. The predicted molar refractivity (Wildman–Crippen MR) is 120 cm³/mol. The van der Waals surface area contributed by atoms with Gasteiger partial charge in [-0.05, 0) is 54.8 Å². The van der Waals surface area contributed by atoms with Gasteiger partial charge in [-0.3, -0.25) is 4.99 Å². The van der Waals surface area contributed by atoms with Crippen LogP contribution in [0.1, 0.15) is 29.7 Å². The molecule has 0 aliphatic carbocycles. The fraction of sp³-hybridized carbons (Fsp3) is 0.435. The van der Waals surface area contributed by atoms with Crippen LogP contribution in [-0.2, 0) is 6.54 Å². The van der Waals surface area contributed by atoms with Gasteiger partial charge in [0.25, 0.3) is 0 Å². The van der Waals surface area contributed by atoms with E-state index >= 15 is 0 Å². The average Bonchev–Trinajstić information content (AvgIpc) is 2.77. The molecule has 7 nitrogen and oxygen atoms in total. The molecule has 2 aromatic rings. The SMILES string of the molecule is CCNC(=NCC(O)c1cccc(OC)c1)N(C)Cc1cc(OC)c(OC)cc1C. The van der Waals surface area contributed by atoms with Gasteiger partial charge in [-0.1, -0.05) is 12.1 Å². The van der Waals surface area contributed by atoms with Gasteiger partial charge in [0.05, 0.1) is 34.0 Å². The molecule has 1 atom stereocenters. The fourth-order valence-corrected chi connectivity index (χ4v) is 3.12. The number of nitrogens with one attached hydrogen (secondary N) is 1. The van der Waals surface area contributed by atoms with E-state index in [1.165, 1.54) is 0 Å². The second-order valence-corrected chi connectivity index (χ2v) is 6.98. The highest BCUT2D eigenvalue weighted by molar-refractivity contribution is 5.79. The highest BCUT2D eigenvalue weighted by Crippen LogP contribution is 2.30. The van der Waals surface area contributed by atoms with Crippen LogP contribution >= 0.6 is 0 Å². The number of ether oxygens (including phenoxy) is 3. The summed E-state index contributed by atoms with van der Waals surface area (Å²) in [5, 5.41) is 13.8. The van der Waals surface area contributed by atoms with Crippen molar-refractivity contribution >= 4 is 5.96 Å². The molecule has 2 rings (SSSR count). The summed E-state index contributed by atoms with van der Waals surface area (Å²) in [6, 6.07) is 11.4. The largest absolute Gasteiger partial charge is 0.497 e. The van der Waals surface area contributed by atoms with E-state index in [0.29, 0.717) is 29.8 Å². The third kappa shape index (κ3) is 6.03. The summed E-state index contributed by atoms with van der Waals surface area (Å²) in [6.45, 7) is 5.66. The summed E-state index contributed by atoms with van der Waals surface area (Å²) >= 11 is 0. The monoisotopic (exact) mass is 415 g/mol. The van der Waals surface area contributed by atoms with Crippen molar-refractivity contribution in [3.05, 3.63) is 53.1 Å². The van der Waals surface area contributed by atoms with Crippen molar-refractivity contribution in [2.45, 2.75) is 26.5 Å². The first kappa shape index (κ1) is 23.3. The van der Waals surface area contributed by atoms with Gasteiger partial charge in [0.15, 0.2) is 17.5 Å². The zero-order valence-corrected chi connectivity index (χ0v) is 18.7. The number of methoxy groups -OCH3 is 3. The Kier molecular flexibility index (Phi) is 8.80. The molecule has 0 radical (unpaired) electrons. The third-order valence-electron chi connectivity index (χ3n) is 4.84. The van der Waals surface area contributed by atoms with E-state index in [0.717, 1.165) is 23.2 Å². The van der Waals surface area contributed by atoms with E-state index in [2.05, 4.69) is 10.3 Å². The first-order valence-corrected chi connectivity index (χ1v) is 9.96. The maximum atomic E-state index is 10.6. The Balaban J connectivity index is 2.16. The molecular weight excluding hydrogens is 382 g/mol. The Labute approximate surface area is 179 Å². The number of nitrogens with zero attached hydrogens (tertiary/aromatic N) is 2. The van der Waals surface area contributed by atoms with Gasteiger partial charge in [0.2, 0.25) is 0 Å². The lowest BCUT2D eigenvalue weighted by Gasteiger charge is -2.24. The van der Waals surface area contributed by atoms with Gasteiger partial charge in [-0.2, -0.15) is 0 Å². The number of hydrogen-bond donors (Lipinski definition) is 2. The van der Waals surface area contributed by atoms with Crippen molar-refractivity contribution in [1.29, 1.82) is 0 Å². The van der Waals surface area contributed by atoms with Gasteiger partial charge in [0, 0.05) is 20.1 Å². The molecule has 0 saturated heterocycles. The topological polar surface area (TPSA) is 75.6 Å². The lowest BCUT2D eigenvalue weighted by molar-refractivity contribution is 0.186. The van der Waals surface area contributed by atoms with Gasteiger partial charge < -0.3 is 29.5 Å². The van der Waals surface area contributed by atoms with Crippen LogP contribution in [0.15, 0.2) is 41.4 Å². The molecule has 0 aromatic heterocycles. The van der Waals surface area contributed by atoms with Crippen LogP contribution in [0.2, 0.25) is 0 Å². The molecule has 2 aromatic carbocycles. The van der Waals surface area contributed by atoms with Crippen molar-refractivity contribution in [3.8, 4) is 17.2 Å². The van der Waals surface area contributed by atoms with Crippen molar-refractivity contribution in [2.24, 2.45) is 4.99 Å². The van der Waals surface area contributed by atoms with Crippen LogP contribution in [0.4, 0.5) is 0 Å². The smallest absolute Gasteiger partial charge is 0.194 e. The normalized spacial score (nSPS) is 12.3. The summed E-state index contributed by atoms with van der Waals surface area (Å²) in [4.78, 5) is 6.66. The van der Waals surface area contributed by atoms with E-state index in [4.69, 9.17) is 14.2 Å². The summed E-state index contributed by atoms with van der Waals surface area (Å²) in [5.74, 6) is 2.84. The van der Waals surface area contributed by atoms with E-state index in [1.54, 1.807) is 21.3 Å². The van der Waals surface area contributed by atoms with Crippen molar-refractivity contribution < 1.29 is 19.3 Å². The predicted octanol–water partition coefficient (Wildman–Crippen LogP) is 3.15. The van der Waals surface area contributed by atoms with Crippen molar-refractivity contribution in [3.63, 3.8) is 0 Å². The first-order chi connectivity index (χ1) is 14.4. The fourth-order valence-electron chi connectivity index (χ4n) is 3.12. The highest BCUT2D eigenvalue weighted by atomic mass is 16.5. The molecule has 30 heavy (non-hydrogen) atoms. The number of guanidine groups is 1. The molecular formula is C23H33N3O4. The summed E-state index contributed by atoms with van der Waals surface area (Å²) in [6.07, 6.45) is -0.718. The minimum atomic E-state index is -0.718. The first-order valence-electron chi connectivity index (χ1n) is 9.96. The molecule has 0 aliphatic rings. The van der Waals surface area contributed by atoms with Gasteiger partial charge in [-0.15, -0.1) is 0 Å². The minimum absolute atomic E-state index is 0.241. The highest BCUT2D eigenvalue weighted by Gasteiger charge is 2.14. The molecule has 0 aliphatic heterocycles. The number of aliphatic hydroxyl groups is 1. The Morgan fingerprint density at radius 1 is 1.10 bits per heavy atom. The van der Waals surface area contributed by atoms with E-state index in [1.807, 2.05) is 62.2 Å². The Hall–Kier alpha value is -2.93. The van der Waals surface area contributed by atoms with Gasteiger partial charge in [0.1, 0.15) is 5.75 Å². The van der Waals surface area contributed by atoms with Crippen LogP contribution in [0.25, 0.3) is 0 Å². The minimum Gasteiger partial charge on any atom is -0.497 e. The molecule has 0 heterocycles. The van der Waals surface area contributed by atoms with Crippen molar-refractivity contribution in [2.75, 3.05) is 41.5 Å². The molecule has 164 valence electrons. The van der Waals surface area contributed by atoms with Crippen LogP contribution in [0.5, 0.6) is 17.2 Å². The zero-order chi connectivity index (χ0) is 22.1. The Morgan fingerprint density at radius 2 is 1.80 bits per heavy atom. The number of aliphatic hydroxyl groups excluding tert-OH is 1. The molecule has 0 saturated carbocycles. The second-order valence-electron chi connectivity index (χ2n) is 6.98. The van der Waals surface area contributed by atoms with E-state index in [9.17, 15) is 5.11 Å². The van der Waals surface area contributed by atoms with Crippen molar-refractivity contribution in [1.82, 2.24) is 10.2 Å². The maximum absolute atomic E-state index is 10.6. The molecule has 0 fully saturated rings. The molecule has 0 bridgehead atoms. The lowest BCUT2D eigenvalue weighted by Crippen LogP contribution is -2.39. The number of aryl methyl sites for hydroxylation is 1. The molecule has 2 N–H and O–H groups in total. The number of rotatable bonds is 9. The van der Waals surface area contributed by atoms with Crippen LogP contribution in [-0.4, -0.2) is 57.4 Å². The maximum Gasteiger partial charge on any atom is 0.194 e. The Morgan fingerprint density at radius 3 is 2.43 bits per heavy atom. The van der Waals surface area contributed by atoms with E-state index < -0.39 is 6.10 Å². The molecule has 1 unspecified atom stereocenters. The average molecular weight is 416 g/mol. The second kappa shape index (κ2) is 11.3. The zero-order valence-electron chi connectivity index (χ0n) is 18.7. The standard InChI is InChI=1S/C23H33N3O4/c1-7-24-23(25-14-20(27)17-9-8-10-19(12-17)28-4)26(3)15-18-13-22(30-6)21(29-5)11-16(18)2/h8-13,20,27H,7,14-15H2,1-6H3,(H,24,25). The lowest BCUT2D eigenvalue weighted by atomic mass is 10.1. The van der Waals surface area contributed by atoms with Crippen LogP contribution < -0.4 is 19.5 Å². The molecule has 7 heteroatoms. The third-order valence-corrected chi connectivity index (χ3v) is 4.84. The summed E-state index contributed by atoms with van der Waals surface area (Å²) in [5.41, 5.74) is 2.98. The molecule has 0 amide bonds.